The first-order valence-corrected chi connectivity index (χ1v) is 4.98. The molecule has 1 aliphatic heterocycles. The minimum absolute atomic E-state index is 0.297. The van der Waals surface area contributed by atoms with Crippen molar-refractivity contribution in [1.29, 1.82) is 0 Å². The molecule has 0 N–H and O–H groups in total. The maximum atomic E-state index is 5.48. The summed E-state index contributed by atoms with van der Waals surface area (Å²) in [4.78, 5) is 0. The van der Waals surface area contributed by atoms with Crippen molar-refractivity contribution in [2.75, 3.05) is 0 Å². The molecule has 0 fully saturated rings. The summed E-state index contributed by atoms with van der Waals surface area (Å²) >= 11 is 0. The molecule has 0 saturated carbocycles. The van der Waals surface area contributed by atoms with Crippen LogP contribution in [0.25, 0.3) is 0 Å². The Morgan fingerprint density at radius 2 is 2.00 bits per heavy atom. The first kappa shape index (κ1) is 10.3. The van der Waals surface area contributed by atoms with Crippen molar-refractivity contribution in [1.82, 2.24) is 0 Å². The molecule has 0 saturated heterocycles. The zero-order chi connectivity index (χ0) is 9.84. The van der Waals surface area contributed by atoms with Gasteiger partial charge in [0.15, 0.2) is 0 Å². The largest absolute Gasteiger partial charge is 0.369 e. The molecule has 0 amide bonds. The third-order valence-corrected chi connectivity index (χ3v) is 2.23. The van der Waals surface area contributed by atoms with Crippen molar-refractivity contribution in [3.05, 3.63) is 34.9 Å². The maximum Gasteiger partial charge on any atom is 0.0804 e. The van der Waals surface area contributed by atoms with Crippen LogP contribution >= 0.6 is 0 Å². The second kappa shape index (κ2) is 4.43. The Morgan fingerprint density at radius 1 is 1.31 bits per heavy atom. The molecule has 0 bridgehead atoms. The molecule has 1 heteroatoms. The van der Waals surface area contributed by atoms with Crippen LogP contribution in [0.15, 0.2) is 18.2 Å². The Hall–Kier alpha value is -0.820. The van der Waals surface area contributed by atoms with Gasteiger partial charge in [-0.3, -0.25) is 0 Å². The highest BCUT2D eigenvalue weighted by Crippen LogP contribution is 2.30. The van der Waals surface area contributed by atoms with E-state index in [1.165, 1.54) is 16.7 Å². The van der Waals surface area contributed by atoms with Crippen molar-refractivity contribution in [2.45, 2.75) is 40.4 Å². The lowest BCUT2D eigenvalue weighted by molar-refractivity contribution is 0.0796. The molecule has 0 spiro atoms. The molecule has 0 aromatic heterocycles. The Morgan fingerprint density at radius 3 is 2.69 bits per heavy atom. The van der Waals surface area contributed by atoms with Crippen molar-refractivity contribution in [3.8, 4) is 0 Å². The van der Waals surface area contributed by atoms with Crippen LogP contribution in [0.3, 0.4) is 0 Å². The van der Waals surface area contributed by atoms with Gasteiger partial charge in [-0.05, 0) is 25.0 Å². The van der Waals surface area contributed by atoms with Gasteiger partial charge in [-0.25, -0.2) is 0 Å². The predicted octanol–water partition coefficient (Wildman–Crippen LogP) is 3.61. The molecule has 1 atom stereocenters. The summed E-state index contributed by atoms with van der Waals surface area (Å²) in [6.45, 7) is 9.00. The number of hydrogen-bond donors (Lipinski definition) is 0. The fourth-order valence-corrected chi connectivity index (χ4v) is 1.56. The molecule has 1 heterocycles. The van der Waals surface area contributed by atoms with Gasteiger partial charge in [0.1, 0.15) is 0 Å². The summed E-state index contributed by atoms with van der Waals surface area (Å²) in [5, 5.41) is 0. The van der Waals surface area contributed by atoms with Crippen LogP contribution in [-0.4, -0.2) is 0 Å². The van der Waals surface area contributed by atoms with Crippen LogP contribution in [0.1, 0.15) is 43.6 Å². The fourth-order valence-electron chi connectivity index (χ4n) is 1.56. The molecule has 1 aromatic carbocycles. The fraction of sp³-hybridized carbons (Fsp3) is 0.500. The maximum absolute atomic E-state index is 5.48. The van der Waals surface area contributed by atoms with Crippen LogP contribution in [0, 0.1) is 6.92 Å². The molecule has 1 unspecified atom stereocenters. The number of benzene rings is 1. The van der Waals surface area contributed by atoms with Crippen LogP contribution in [0.2, 0.25) is 0 Å². The molecule has 2 rings (SSSR count). The normalized spacial score (nSPS) is 18.9. The summed E-state index contributed by atoms with van der Waals surface area (Å²) in [5.41, 5.74) is 4.04. The minimum Gasteiger partial charge on any atom is -0.369 e. The van der Waals surface area contributed by atoms with Gasteiger partial charge in [0.25, 0.3) is 0 Å². The summed E-state index contributed by atoms with van der Waals surface area (Å²) in [5.74, 6) is 0. The number of rotatable bonds is 0. The first-order chi connectivity index (χ1) is 6.27. The Balaban J connectivity index is 0.000000396. The van der Waals surface area contributed by atoms with Gasteiger partial charge < -0.3 is 4.74 Å². The Bertz CT molecular complexity index is 278. The van der Waals surface area contributed by atoms with E-state index in [0.29, 0.717) is 6.10 Å². The van der Waals surface area contributed by atoms with Gasteiger partial charge in [0, 0.05) is 0 Å². The zero-order valence-corrected chi connectivity index (χ0v) is 8.92. The van der Waals surface area contributed by atoms with E-state index < -0.39 is 0 Å². The van der Waals surface area contributed by atoms with Gasteiger partial charge >= 0.3 is 0 Å². The van der Waals surface area contributed by atoms with Gasteiger partial charge in [0.05, 0.1) is 12.7 Å². The highest BCUT2D eigenvalue weighted by molar-refractivity contribution is 5.34. The predicted molar refractivity (Wildman–Crippen MR) is 55.7 cm³/mol. The van der Waals surface area contributed by atoms with Crippen LogP contribution < -0.4 is 0 Å². The second-order valence-electron chi connectivity index (χ2n) is 3.16. The molecule has 72 valence electrons. The average Bonchev–Trinajstić information content (AvgIpc) is 2.51. The molecule has 1 aromatic rings. The van der Waals surface area contributed by atoms with Gasteiger partial charge in [0.2, 0.25) is 0 Å². The quantitative estimate of drug-likeness (QED) is 0.589. The standard InChI is InChI=1S/C10H12O.C2H6/c1-7-3-4-10-8(2)11-6-9(10)5-7;1-2/h3-5,8H,6H2,1-2H3;1-2H3. The van der Waals surface area contributed by atoms with Crippen molar-refractivity contribution < 1.29 is 4.74 Å². The van der Waals surface area contributed by atoms with Gasteiger partial charge in [-0.15, -0.1) is 0 Å². The van der Waals surface area contributed by atoms with Crippen LogP contribution in [-0.2, 0) is 11.3 Å². The van der Waals surface area contributed by atoms with E-state index in [9.17, 15) is 0 Å². The summed E-state index contributed by atoms with van der Waals surface area (Å²) < 4.78 is 5.48. The monoisotopic (exact) mass is 178 g/mol. The third-order valence-electron chi connectivity index (χ3n) is 2.23. The highest BCUT2D eigenvalue weighted by atomic mass is 16.5. The van der Waals surface area contributed by atoms with E-state index in [0.717, 1.165) is 6.61 Å². The Kier molecular flexibility index (Phi) is 3.49. The van der Waals surface area contributed by atoms with E-state index in [1.54, 1.807) is 0 Å². The topological polar surface area (TPSA) is 9.23 Å². The second-order valence-corrected chi connectivity index (χ2v) is 3.16. The molecule has 0 aliphatic carbocycles. The Labute approximate surface area is 80.7 Å². The third kappa shape index (κ3) is 2.10. The summed E-state index contributed by atoms with van der Waals surface area (Å²) in [6.07, 6.45) is 0.297. The van der Waals surface area contributed by atoms with E-state index in [-0.39, 0.29) is 0 Å². The van der Waals surface area contributed by atoms with Crippen LogP contribution in [0.4, 0.5) is 0 Å². The molecule has 13 heavy (non-hydrogen) atoms. The smallest absolute Gasteiger partial charge is 0.0804 e. The van der Waals surface area contributed by atoms with Crippen LogP contribution in [0.5, 0.6) is 0 Å². The number of ether oxygens (including phenoxy) is 1. The van der Waals surface area contributed by atoms with Crippen molar-refractivity contribution in [3.63, 3.8) is 0 Å². The molecule has 1 aliphatic rings. The SMILES string of the molecule is CC.Cc1ccc2c(c1)COC2C. The lowest BCUT2D eigenvalue weighted by Gasteiger charge is -2.02. The highest BCUT2D eigenvalue weighted by Gasteiger charge is 2.17. The van der Waals surface area contributed by atoms with Gasteiger partial charge in [-0.2, -0.15) is 0 Å². The zero-order valence-electron chi connectivity index (χ0n) is 8.92. The number of fused-ring (bicyclic) bond motifs is 1. The lowest BCUT2D eigenvalue weighted by atomic mass is 10.0. The van der Waals surface area contributed by atoms with Gasteiger partial charge in [-0.1, -0.05) is 37.6 Å². The van der Waals surface area contributed by atoms with Crippen molar-refractivity contribution in [2.24, 2.45) is 0 Å². The van der Waals surface area contributed by atoms with E-state index in [4.69, 9.17) is 4.74 Å². The lowest BCUT2D eigenvalue weighted by Crippen LogP contribution is -1.87. The van der Waals surface area contributed by atoms with E-state index in [2.05, 4.69) is 32.0 Å². The molecular weight excluding hydrogens is 160 g/mol. The summed E-state index contributed by atoms with van der Waals surface area (Å²) in [7, 11) is 0. The van der Waals surface area contributed by atoms with E-state index >= 15 is 0 Å². The first-order valence-electron chi connectivity index (χ1n) is 4.98. The number of aryl methyl sites for hydroxylation is 1. The van der Waals surface area contributed by atoms with E-state index in [1.807, 2.05) is 13.8 Å². The average molecular weight is 178 g/mol. The molecule has 0 radical (unpaired) electrons. The van der Waals surface area contributed by atoms with Crippen molar-refractivity contribution >= 4 is 0 Å². The molecular formula is C12H18O. The molecule has 1 nitrogen and oxygen atoms in total. The minimum atomic E-state index is 0.297. The summed E-state index contributed by atoms with van der Waals surface area (Å²) in [6, 6.07) is 6.52. The number of hydrogen-bond acceptors (Lipinski definition) is 1.